The number of anilines is 1. The number of rotatable bonds is 4. The van der Waals surface area contributed by atoms with Crippen LogP contribution in [0.3, 0.4) is 0 Å². The van der Waals surface area contributed by atoms with Crippen molar-refractivity contribution in [3.63, 3.8) is 0 Å². The first-order valence-corrected chi connectivity index (χ1v) is 7.75. The molecule has 1 aliphatic carbocycles. The molecular weight excluding hydrogens is 319 g/mol. The molecule has 2 N–H and O–H groups in total. The summed E-state index contributed by atoms with van der Waals surface area (Å²) in [7, 11) is 0. The highest BCUT2D eigenvalue weighted by molar-refractivity contribution is 5.97. The summed E-state index contributed by atoms with van der Waals surface area (Å²) >= 11 is 0. The second kappa shape index (κ2) is 7.86. The normalized spacial score (nSPS) is 16.3. The van der Waals surface area contributed by atoms with Crippen molar-refractivity contribution in [1.29, 1.82) is 5.26 Å². The lowest BCUT2D eigenvalue weighted by Gasteiger charge is -2.22. The third kappa shape index (κ3) is 5.01. The van der Waals surface area contributed by atoms with E-state index in [9.17, 15) is 18.0 Å². The Labute approximate surface area is 138 Å². The number of carbonyl (C=O) groups excluding carboxylic acids is 1. The van der Waals surface area contributed by atoms with E-state index in [1.54, 1.807) is 6.07 Å². The van der Waals surface area contributed by atoms with Crippen LogP contribution >= 0.6 is 0 Å². The van der Waals surface area contributed by atoms with Crippen LogP contribution in [0.2, 0.25) is 0 Å². The van der Waals surface area contributed by atoms with Crippen LogP contribution in [0.4, 0.5) is 18.9 Å². The van der Waals surface area contributed by atoms with Gasteiger partial charge in [0.05, 0.1) is 5.56 Å². The molecule has 2 rings (SSSR count). The number of hydrogen-bond donors (Lipinski definition) is 2. The molecule has 7 heteroatoms. The van der Waals surface area contributed by atoms with Crippen molar-refractivity contribution in [2.75, 3.05) is 5.32 Å². The van der Waals surface area contributed by atoms with Gasteiger partial charge >= 0.3 is 6.18 Å². The molecule has 4 nitrogen and oxygen atoms in total. The number of amides is 1. The SMILES string of the molecule is N#C/C(=C/Nc1ccc(C(F)(F)F)cc1)C(=O)NC1CCCCC1. The number of halogens is 3. The molecule has 0 radical (unpaired) electrons. The van der Waals surface area contributed by atoms with Crippen LogP contribution in [0.15, 0.2) is 36.0 Å². The third-order valence-corrected chi connectivity index (χ3v) is 3.90. The second-order valence-electron chi connectivity index (χ2n) is 5.70. The van der Waals surface area contributed by atoms with Crippen molar-refractivity contribution >= 4 is 11.6 Å². The Hall–Kier alpha value is -2.49. The van der Waals surface area contributed by atoms with Gasteiger partial charge in [-0.15, -0.1) is 0 Å². The van der Waals surface area contributed by atoms with E-state index in [1.807, 2.05) is 0 Å². The van der Waals surface area contributed by atoms with Crippen LogP contribution in [0.5, 0.6) is 0 Å². The highest BCUT2D eigenvalue weighted by atomic mass is 19.4. The topological polar surface area (TPSA) is 64.9 Å². The van der Waals surface area contributed by atoms with Crippen LogP contribution in [-0.4, -0.2) is 11.9 Å². The average Bonchev–Trinajstić information content (AvgIpc) is 2.56. The quantitative estimate of drug-likeness (QED) is 0.645. The number of nitrogens with one attached hydrogen (secondary N) is 2. The van der Waals surface area contributed by atoms with Crippen LogP contribution in [0.1, 0.15) is 37.7 Å². The second-order valence-corrected chi connectivity index (χ2v) is 5.70. The van der Waals surface area contributed by atoms with E-state index in [1.165, 1.54) is 18.3 Å². The molecule has 1 aliphatic rings. The molecule has 0 atom stereocenters. The number of benzene rings is 1. The van der Waals surface area contributed by atoms with Crippen LogP contribution < -0.4 is 10.6 Å². The van der Waals surface area contributed by atoms with Gasteiger partial charge in [-0.25, -0.2) is 0 Å². The fourth-order valence-electron chi connectivity index (χ4n) is 2.57. The van der Waals surface area contributed by atoms with Gasteiger partial charge in [0, 0.05) is 17.9 Å². The summed E-state index contributed by atoms with van der Waals surface area (Å²) in [5.74, 6) is -0.469. The lowest BCUT2D eigenvalue weighted by molar-refractivity contribution is -0.137. The summed E-state index contributed by atoms with van der Waals surface area (Å²) in [6, 6.07) is 6.24. The lowest BCUT2D eigenvalue weighted by Crippen LogP contribution is -2.37. The van der Waals surface area contributed by atoms with E-state index >= 15 is 0 Å². The number of nitrogens with zero attached hydrogens (tertiary/aromatic N) is 1. The molecule has 0 aliphatic heterocycles. The molecule has 0 aromatic heterocycles. The van der Waals surface area contributed by atoms with Gasteiger partial charge in [0.1, 0.15) is 11.6 Å². The van der Waals surface area contributed by atoms with Crippen LogP contribution in [-0.2, 0) is 11.0 Å². The molecule has 1 aromatic rings. The van der Waals surface area contributed by atoms with Crippen molar-refractivity contribution in [1.82, 2.24) is 5.32 Å². The van der Waals surface area contributed by atoms with E-state index in [0.29, 0.717) is 5.69 Å². The fraction of sp³-hybridized carbons (Fsp3) is 0.412. The largest absolute Gasteiger partial charge is 0.416 e. The van der Waals surface area contributed by atoms with Crippen LogP contribution in [0.25, 0.3) is 0 Å². The number of alkyl halides is 3. The van der Waals surface area contributed by atoms with Gasteiger partial charge in [0.25, 0.3) is 5.91 Å². The van der Waals surface area contributed by atoms with E-state index in [-0.39, 0.29) is 11.6 Å². The van der Waals surface area contributed by atoms with Gasteiger partial charge in [-0.2, -0.15) is 18.4 Å². The van der Waals surface area contributed by atoms with Crippen molar-refractivity contribution in [3.05, 3.63) is 41.6 Å². The number of nitriles is 1. The minimum Gasteiger partial charge on any atom is -0.360 e. The molecule has 1 amide bonds. The highest BCUT2D eigenvalue weighted by Crippen LogP contribution is 2.29. The maximum Gasteiger partial charge on any atom is 0.416 e. The molecule has 0 unspecified atom stereocenters. The van der Waals surface area contributed by atoms with E-state index in [0.717, 1.165) is 44.2 Å². The molecule has 0 spiro atoms. The molecule has 1 fully saturated rings. The van der Waals surface area contributed by atoms with Gasteiger partial charge in [0.15, 0.2) is 0 Å². The van der Waals surface area contributed by atoms with Crippen molar-refractivity contribution in [2.45, 2.75) is 44.3 Å². The van der Waals surface area contributed by atoms with Gasteiger partial charge in [-0.1, -0.05) is 19.3 Å². The Morgan fingerprint density at radius 3 is 2.33 bits per heavy atom. The first-order chi connectivity index (χ1) is 11.4. The molecule has 0 bridgehead atoms. The van der Waals surface area contributed by atoms with E-state index in [4.69, 9.17) is 5.26 Å². The van der Waals surface area contributed by atoms with Gasteiger partial charge in [0.2, 0.25) is 0 Å². The van der Waals surface area contributed by atoms with Crippen molar-refractivity contribution in [2.24, 2.45) is 0 Å². The maximum atomic E-state index is 12.5. The van der Waals surface area contributed by atoms with Crippen molar-refractivity contribution in [3.8, 4) is 6.07 Å². The van der Waals surface area contributed by atoms with Crippen LogP contribution in [0, 0.1) is 11.3 Å². The minimum atomic E-state index is -4.40. The Morgan fingerprint density at radius 2 is 1.79 bits per heavy atom. The average molecular weight is 337 g/mol. The molecule has 24 heavy (non-hydrogen) atoms. The standard InChI is InChI=1S/C17H18F3N3O/c18-17(19,20)13-6-8-14(9-7-13)22-11-12(10-21)16(24)23-15-4-2-1-3-5-15/h6-9,11,15,22H,1-5H2,(H,23,24)/b12-11-. The summed E-state index contributed by atoms with van der Waals surface area (Å²) < 4.78 is 37.5. The maximum absolute atomic E-state index is 12.5. The van der Waals surface area contributed by atoms with Crippen molar-refractivity contribution < 1.29 is 18.0 Å². The zero-order valence-corrected chi connectivity index (χ0v) is 13.0. The number of carbonyl (C=O) groups is 1. The smallest absolute Gasteiger partial charge is 0.360 e. The monoisotopic (exact) mass is 337 g/mol. The van der Waals surface area contributed by atoms with E-state index < -0.39 is 17.6 Å². The highest BCUT2D eigenvalue weighted by Gasteiger charge is 2.29. The van der Waals surface area contributed by atoms with Gasteiger partial charge in [-0.05, 0) is 37.1 Å². The van der Waals surface area contributed by atoms with Gasteiger partial charge in [-0.3, -0.25) is 4.79 Å². The molecule has 0 saturated heterocycles. The zero-order chi connectivity index (χ0) is 17.6. The Bertz CT molecular complexity index is 639. The first kappa shape index (κ1) is 17.9. The Morgan fingerprint density at radius 1 is 1.17 bits per heavy atom. The molecule has 1 aromatic carbocycles. The predicted octanol–water partition coefficient (Wildman–Crippen LogP) is 3.97. The zero-order valence-electron chi connectivity index (χ0n) is 13.0. The minimum absolute atomic E-state index is 0.0778. The first-order valence-electron chi connectivity index (χ1n) is 7.75. The molecule has 128 valence electrons. The molecule has 0 heterocycles. The summed E-state index contributed by atoms with van der Waals surface area (Å²) in [4.78, 5) is 12.1. The van der Waals surface area contributed by atoms with E-state index in [2.05, 4.69) is 10.6 Å². The third-order valence-electron chi connectivity index (χ3n) is 3.90. The Balaban J connectivity index is 1.97. The summed E-state index contributed by atoms with van der Waals surface area (Å²) in [6.07, 6.45) is 1.88. The number of hydrogen-bond acceptors (Lipinski definition) is 3. The lowest BCUT2D eigenvalue weighted by atomic mass is 9.95. The summed E-state index contributed by atoms with van der Waals surface area (Å²) in [5.41, 5.74) is -0.505. The molecular formula is C17H18F3N3O. The summed E-state index contributed by atoms with van der Waals surface area (Å²) in [6.45, 7) is 0. The fourth-order valence-corrected chi connectivity index (χ4v) is 2.57. The van der Waals surface area contributed by atoms with Gasteiger partial charge < -0.3 is 10.6 Å². The predicted molar refractivity (Wildman–Crippen MR) is 83.8 cm³/mol. The summed E-state index contributed by atoms with van der Waals surface area (Å²) in [5, 5.41) is 14.6. The Kier molecular flexibility index (Phi) is 5.85. The molecule has 1 saturated carbocycles.